The van der Waals surface area contributed by atoms with Crippen molar-refractivity contribution in [2.45, 2.75) is 75.6 Å². The Morgan fingerprint density at radius 2 is 2.14 bits per heavy atom. The van der Waals surface area contributed by atoms with Crippen molar-refractivity contribution in [1.82, 2.24) is 15.1 Å². The molecule has 0 radical (unpaired) electrons. The van der Waals surface area contributed by atoms with E-state index >= 15 is 0 Å². The number of rotatable bonds is 7. The second-order valence-corrected chi connectivity index (χ2v) is 7.69. The largest absolute Gasteiger partial charge is 0.313 e. The summed E-state index contributed by atoms with van der Waals surface area (Å²) in [6.45, 7) is 7.79. The quantitative estimate of drug-likeness (QED) is 0.820. The molecule has 3 nitrogen and oxygen atoms in total. The topological polar surface area (TPSA) is 29.9 Å². The van der Waals surface area contributed by atoms with Crippen LogP contribution < -0.4 is 5.32 Å². The highest BCUT2D eigenvalue weighted by atomic mass is 32.2. The van der Waals surface area contributed by atoms with E-state index in [0.29, 0.717) is 11.3 Å². The van der Waals surface area contributed by atoms with E-state index in [4.69, 9.17) is 0 Å². The van der Waals surface area contributed by atoms with Crippen LogP contribution in [0, 0.1) is 12.8 Å². The molecule has 0 amide bonds. The zero-order chi connectivity index (χ0) is 15.2. The molecule has 1 saturated carbocycles. The normalized spacial score (nSPS) is 26.2. The van der Waals surface area contributed by atoms with Crippen molar-refractivity contribution >= 4 is 11.8 Å². The summed E-state index contributed by atoms with van der Waals surface area (Å²) in [5, 5.41) is 10.3. The Hall–Kier alpha value is -0.480. The van der Waals surface area contributed by atoms with E-state index in [2.05, 4.69) is 44.3 Å². The van der Waals surface area contributed by atoms with Crippen molar-refractivity contribution in [2.24, 2.45) is 13.0 Å². The van der Waals surface area contributed by atoms with Crippen molar-refractivity contribution in [2.75, 3.05) is 6.54 Å². The van der Waals surface area contributed by atoms with Gasteiger partial charge in [0.15, 0.2) is 0 Å². The summed E-state index contributed by atoms with van der Waals surface area (Å²) in [7, 11) is 2.07. The summed E-state index contributed by atoms with van der Waals surface area (Å²) in [4.78, 5) is 0. The van der Waals surface area contributed by atoms with E-state index in [1.807, 2.05) is 16.4 Å². The molecule has 120 valence electrons. The van der Waals surface area contributed by atoms with Crippen LogP contribution in [0.15, 0.2) is 11.1 Å². The number of aromatic nitrogens is 2. The Bertz CT molecular complexity index is 430. The van der Waals surface area contributed by atoms with Crippen molar-refractivity contribution in [3.63, 3.8) is 0 Å². The van der Waals surface area contributed by atoms with E-state index in [-0.39, 0.29) is 0 Å². The monoisotopic (exact) mass is 309 g/mol. The minimum absolute atomic E-state index is 0.665. The van der Waals surface area contributed by atoms with Gasteiger partial charge < -0.3 is 5.32 Å². The van der Waals surface area contributed by atoms with Crippen molar-refractivity contribution < 1.29 is 0 Å². The van der Waals surface area contributed by atoms with Crippen molar-refractivity contribution in [1.29, 1.82) is 0 Å². The molecule has 1 fully saturated rings. The van der Waals surface area contributed by atoms with Crippen LogP contribution in [0.4, 0.5) is 0 Å². The number of aryl methyl sites for hydroxylation is 2. The molecular weight excluding hydrogens is 278 g/mol. The van der Waals surface area contributed by atoms with Gasteiger partial charge >= 0.3 is 0 Å². The van der Waals surface area contributed by atoms with Gasteiger partial charge in [-0.3, -0.25) is 4.68 Å². The Labute approximate surface area is 134 Å². The fraction of sp³-hybridized carbons (Fsp3) is 0.824. The summed E-state index contributed by atoms with van der Waals surface area (Å²) < 4.78 is 2.04. The van der Waals surface area contributed by atoms with E-state index in [1.54, 1.807) is 0 Å². The van der Waals surface area contributed by atoms with Gasteiger partial charge in [0.1, 0.15) is 0 Å². The molecule has 2 rings (SSSR count). The number of hydrogen-bond donors (Lipinski definition) is 1. The molecule has 3 unspecified atom stereocenters. The number of nitrogens with one attached hydrogen (secondary N) is 1. The third kappa shape index (κ3) is 4.75. The molecule has 0 spiro atoms. The summed E-state index contributed by atoms with van der Waals surface area (Å²) in [5.74, 6) is 0.918. The van der Waals surface area contributed by atoms with Crippen LogP contribution in [-0.4, -0.2) is 27.6 Å². The molecule has 1 aliphatic rings. The van der Waals surface area contributed by atoms with Crippen LogP contribution in [0.2, 0.25) is 0 Å². The van der Waals surface area contributed by atoms with Crippen LogP contribution in [0.1, 0.15) is 58.1 Å². The van der Waals surface area contributed by atoms with Gasteiger partial charge in [0.05, 0.1) is 10.7 Å². The van der Waals surface area contributed by atoms with E-state index in [1.165, 1.54) is 43.6 Å². The summed E-state index contributed by atoms with van der Waals surface area (Å²) in [5.41, 5.74) is 1.12. The first-order chi connectivity index (χ1) is 10.1. The highest BCUT2D eigenvalue weighted by Crippen LogP contribution is 2.38. The lowest BCUT2D eigenvalue weighted by Gasteiger charge is -2.36. The lowest BCUT2D eigenvalue weighted by Crippen LogP contribution is -2.43. The van der Waals surface area contributed by atoms with Crippen LogP contribution in [0.25, 0.3) is 0 Å². The standard InChI is InChI=1S/C17H31N3S/c1-5-7-14-8-9-15(18-10-6-2)16(12-14)21-17-11-13(3)19-20(17)4/h11,14-16,18H,5-10,12H2,1-4H3. The van der Waals surface area contributed by atoms with Crippen LogP contribution in [0.5, 0.6) is 0 Å². The second kappa shape index (κ2) is 8.23. The van der Waals surface area contributed by atoms with Gasteiger partial charge in [-0.15, -0.1) is 11.8 Å². The van der Waals surface area contributed by atoms with Gasteiger partial charge in [-0.1, -0.05) is 26.7 Å². The summed E-state index contributed by atoms with van der Waals surface area (Å²) in [6, 6.07) is 2.89. The lowest BCUT2D eigenvalue weighted by atomic mass is 9.83. The van der Waals surface area contributed by atoms with Gasteiger partial charge in [0, 0.05) is 18.3 Å². The molecular formula is C17H31N3S. The molecule has 1 heterocycles. The van der Waals surface area contributed by atoms with Crippen LogP contribution >= 0.6 is 11.8 Å². The fourth-order valence-corrected chi connectivity index (χ4v) is 4.94. The third-order valence-electron chi connectivity index (χ3n) is 4.48. The molecule has 1 aliphatic carbocycles. The molecule has 0 bridgehead atoms. The molecule has 1 aromatic rings. The highest BCUT2D eigenvalue weighted by molar-refractivity contribution is 7.99. The smallest absolute Gasteiger partial charge is 0.0942 e. The zero-order valence-electron chi connectivity index (χ0n) is 14.1. The maximum Gasteiger partial charge on any atom is 0.0942 e. The Balaban J connectivity index is 2.03. The SMILES string of the molecule is CCCNC1CCC(CCC)CC1Sc1cc(C)nn1C. The fourth-order valence-electron chi connectivity index (χ4n) is 3.43. The molecule has 0 aromatic carbocycles. The van der Waals surface area contributed by atoms with Gasteiger partial charge in [-0.2, -0.15) is 5.10 Å². The van der Waals surface area contributed by atoms with Crippen LogP contribution in [0.3, 0.4) is 0 Å². The molecule has 1 aromatic heterocycles. The molecule has 3 atom stereocenters. The predicted octanol–water partition coefficient (Wildman–Crippen LogP) is 4.16. The van der Waals surface area contributed by atoms with E-state index in [0.717, 1.165) is 18.2 Å². The zero-order valence-corrected chi connectivity index (χ0v) is 14.9. The molecule has 0 aliphatic heterocycles. The molecule has 21 heavy (non-hydrogen) atoms. The van der Waals surface area contributed by atoms with Gasteiger partial charge in [0.2, 0.25) is 0 Å². The average Bonchev–Trinajstić information content (AvgIpc) is 2.76. The Morgan fingerprint density at radius 1 is 1.33 bits per heavy atom. The Kier molecular flexibility index (Phi) is 6.62. The predicted molar refractivity (Wildman–Crippen MR) is 91.9 cm³/mol. The summed E-state index contributed by atoms with van der Waals surface area (Å²) >= 11 is 2.04. The van der Waals surface area contributed by atoms with E-state index in [9.17, 15) is 0 Å². The third-order valence-corrected chi connectivity index (χ3v) is 5.93. The minimum atomic E-state index is 0.665. The average molecular weight is 310 g/mol. The maximum absolute atomic E-state index is 4.49. The minimum Gasteiger partial charge on any atom is -0.313 e. The highest BCUT2D eigenvalue weighted by Gasteiger charge is 2.31. The Morgan fingerprint density at radius 3 is 2.76 bits per heavy atom. The second-order valence-electron chi connectivity index (χ2n) is 6.43. The first-order valence-electron chi connectivity index (χ1n) is 8.54. The van der Waals surface area contributed by atoms with Gasteiger partial charge in [-0.25, -0.2) is 0 Å². The van der Waals surface area contributed by atoms with Gasteiger partial charge in [0.25, 0.3) is 0 Å². The maximum atomic E-state index is 4.49. The number of nitrogens with zero attached hydrogens (tertiary/aromatic N) is 2. The van der Waals surface area contributed by atoms with E-state index < -0.39 is 0 Å². The van der Waals surface area contributed by atoms with Crippen molar-refractivity contribution in [3.8, 4) is 0 Å². The van der Waals surface area contributed by atoms with Crippen molar-refractivity contribution in [3.05, 3.63) is 11.8 Å². The first-order valence-corrected chi connectivity index (χ1v) is 9.42. The molecule has 0 saturated heterocycles. The number of hydrogen-bond acceptors (Lipinski definition) is 3. The van der Waals surface area contributed by atoms with Gasteiger partial charge in [-0.05, 0) is 51.1 Å². The summed E-state index contributed by atoms with van der Waals surface area (Å²) in [6.07, 6.45) is 8.01. The van der Waals surface area contributed by atoms with Crippen LogP contribution in [-0.2, 0) is 7.05 Å². The number of thioether (sulfide) groups is 1. The first kappa shape index (κ1) is 16.9. The molecule has 1 N–H and O–H groups in total. The molecule has 4 heteroatoms. The lowest BCUT2D eigenvalue weighted by molar-refractivity contribution is 0.287.